The second-order valence-electron chi connectivity index (χ2n) is 5.52. The molecule has 0 radical (unpaired) electrons. The number of pyridine rings is 1. The fourth-order valence-electron chi connectivity index (χ4n) is 2.12. The molecule has 2 rings (SSSR count). The SMILES string of the molecule is CCC(C)C(C)Oc1cc(O)c(C(=O)NCC(=O)O)c2ncnn12. The van der Waals surface area contributed by atoms with Gasteiger partial charge < -0.3 is 20.3 Å². The molecule has 0 aliphatic rings. The van der Waals surface area contributed by atoms with Gasteiger partial charge in [0.1, 0.15) is 30.3 Å². The van der Waals surface area contributed by atoms with E-state index in [2.05, 4.69) is 15.4 Å². The molecule has 9 nitrogen and oxygen atoms in total. The maximum absolute atomic E-state index is 12.1. The lowest BCUT2D eigenvalue weighted by atomic mass is 10.0. The topological polar surface area (TPSA) is 126 Å². The first-order valence-electron chi connectivity index (χ1n) is 7.57. The molecule has 0 aliphatic carbocycles. The number of carboxylic acids is 1. The van der Waals surface area contributed by atoms with Crippen molar-refractivity contribution in [2.45, 2.75) is 33.3 Å². The highest BCUT2D eigenvalue weighted by Gasteiger charge is 2.23. The van der Waals surface area contributed by atoms with Gasteiger partial charge in [-0.05, 0) is 12.8 Å². The second-order valence-corrected chi connectivity index (χ2v) is 5.52. The van der Waals surface area contributed by atoms with Crippen molar-refractivity contribution in [2.75, 3.05) is 6.54 Å². The molecule has 9 heteroatoms. The lowest BCUT2D eigenvalue weighted by Crippen LogP contribution is -2.30. The number of hydrogen-bond donors (Lipinski definition) is 3. The summed E-state index contributed by atoms with van der Waals surface area (Å²) in [6.45, 7) is 5.42. The van der Waals surface area contributed by atoms with E-state index in [0.29, 0.717) is 0 Å². The molecule has 1 amide bonds. The Labute approximate surface area is 138 Å². The number of fused-ring (bicyclic) bond motifs is 1. The summed E-state index contributed by atoms with van der Waals surface area (Å²) in [7, 11) is 0. The molecule has 2 heterocycles. The van der Waals surface area contributed by atoms with Gasteiger partial charge in [-0.3, -0.25) is 9.59 Å². The summed E-state index contributed by atoms with van der Waals surface area (Å²) in [6, 6.07) is 1.27. The molecule has 0 saturated carbocycles. The quantitative estimate of drug-likeness (QED) is 0.690. The number of carboxylic acid groups (broad SMARTS) is 1. The average molecular weight is 336 g/mol. The van der Waals surface area contributed by atoms with Gasteiger partial charge in [0.15, 0.2) is 5.65 Å². The van der Waals surface area contributed by atoms with Crippen LogP contribution in [0.3, 0.4) is 0 Å². The number of aromatic hydroxyl groups is 1. The number of hydrogen-bond acceptors (Lipinski definition) is 6. The summed E-state index contributed by atoms with van der Waals surface area (Å²) >= 11 is 0. The van der Waals surface area contributed by atoms with Gasteiger partial charge in [-0.1, -0.05) is 20.3 Å². The van der Waals surface area contributed by atoms with Crippen molar-refractivity contribution < 1.29 is 24.5 Å². The van der Waals surface area contributed by atoms with Crippen LogP contribution in [0.5, 0.6) is 11.6 Å². The molecule has 3 N–H and O–H groups in total. The van der Waals surface area contributed by atoms with Gasteiger partial charge in [0.25, 0.3) is 5.91 Å². The molecular weight excluding hydrogens is 316 g/mol. The Kier molecular flexibility index (Phi) is 5.22. The number of carbonyl (C=O) groups is 2. The smallest absolute Gasteiger partial charge is 0.322 e. The first-order chi connectivity index (χ1) is 11.3. The van der Waals surface area contributed by atoms with Crippen LogP contribution >= 0.6 is 0 Å². The van der Waals surface area contributed by atoms with Gasteiger partial charge in [0.2, 0.25) is 5.88 Å². The normalized spacial score (nSPS) is 13.5. The fourth-order valence-corrected chi connectivity index (χ4v) is 2.12. The van der Waals surface area contributed by atoms with Crippen LogP contribution < -0.4 is 10.1 Å². The molecular formula is C15H20N4O5. The number of aliphatic carboxylic acids is 1. The highest BCUT2D eigenvalue weighted by molar-refractivity contribution is 6.03. The largest absolute Gasteiger partial charge is 0.507 e. The number of carbonyl (C=O) groups excluding carboxylic acids is 1. The van der Waals surface area contributed by atoms with Crippen LogP contribution in [0.25, 0.3) is 5.65 Å². The van der Waals surface area contributed by atoms with Crippen molar-refractivity contribution in [3.05, 3.63) is 18.0 Å². The van der Waals surface area contributed by atoms with Crippen molar-refractivity contribution in [3.63, 3.8) is 0 Å². The van der Waals surface area contributed by atoms with E-state index in [9.17, 15) is 14.7 Å². The molecule has 0 bridgehead atoms. The highest BCUT2D eigenvalue weighted by atomic mass is 16.5. The first kappa shape index (κ1) is 17.5. The molecule has 0 fully saturated rings. The molecule has 130 valence electrons. The number of nitrogens with zero attached hydrogens (tertiary/aromatic N) is 3. The maximum atomic E-state index is 12.1. The minimum Gasteiger partial charge on any atom is -0.507 e. The third-order valence-electron chi connectivity index (χ3n) is 3.88. The van der Waals surface area contributed by atoms with Gasteiger partial charge in [-0.2, -0.15) is 9.61 Å². The lowest BCUT2D eigenvalue weighted by Gasteiger charge is -2.21. The standard InChI is InChI=1S/C15H20N4O5/c1-4-8(2)9(3)24-11-5-10(20)13(14-17-7-18-19(11)14)15(23)16-6-12(21)22/h5,7-9,20H,4,6H2,1-3H3,(H,16,23)(H,21,22). The predicted octanol–water partition coefficient (Wildman–Crippen LogP) is 1.06. The minimum absolute atomic E-state index is 0.0873. The number of nitrogens with one attached hydrogen (secondary N) is 1. The van der Waals surface area contributed by atoms with Gasteiger partial charge in [0.05, 0.1) is 0 Å². The molecule has 2 atom stereocenters. The first-order valence-corrected chi connectivity index (χ1v) is 7.57. The number of amides is 1. The molecule has 2 aromatic rings. The molecule has 0 spiro atoms. The zero-order chi connectivity index (χ0) is 17.9. The molecule has 0 aromatic carbocycles. The Morgan fingerprint density at radius 2 is 2.12 bits per heavy atom. The van der Waals surface area contributed by atoms with E-state index >= 15 is 0 Å². The second kappa shape index (κ2) is 7.16. The van der Waals surface area contributed by atoms with Crippen molar-refractivity contribution in [3.8, 4) is 11.6 Å². The Morgan fingerprint density at radius 1 is 1.42 bits per heavy atom. The molecule has 2 unspecified atom stereocenters. The Hall–Kier alpha value is -2.84. The minimum atomic E-state index is -1.19. The van der Waals surface area contributed by atoms with Crippen LogP contribution in [0.15, 0.2) is 12.4 Å². The summed E-state index contributed by atoms with van der Waals surface area (Å²) in [5.41, 5.74) is -0.0680. The Bertz CT molecular complexity index is 758. The maximum Gasteiger partial charge on any atom is 0.322 e. The van der Waals surface area contributed by atoms with E-state index in [4.69, 9.17) is 9.84 Å². The van der Waals surface area contributed by atoms with E-state index in [1.165, 1.54) is 16.9 Å². The van der Waals surface area contributed by atoms with Crippen LogP contribution in [0.4, 0.5) is 0 Å². The molecule has 24 heavy (non-hydrogen) atoms. The molecule has 0 saturated heterocycles. The summed E-state index contributed by atoms with van der Waals surface area (Å²) in [6.07, 6.45) is 2.01. The third kappa shape index (κ3) is 3.55. The van der Waals surface area contributed by atoms with Crippen molar-refractivity contribution in [2.24, 2.45) is 5.92 Å². The van der Waals surface area contributed by atoms with Crippen molar-refractivity contribution in [1.82, 2.24) is 19.9 Å². The highest BCUT2D eigenvalue weighted by Crippen LogP contribution is 2.28. The zero-order valence-electron chi connectivity index (χ0n) is 13.7. The summed E-state index contributed by atoms with van der Waals surface area (Å²) < 4.78 is 7.13. The van der Waals surface area contributed by atoms with E-state index < -0.39 is 18.4 Å². The van der Waals surface area contributed by atoms with Gasteiger partial charge >= 0.3 is 5.97 Å². The van der Waals surface area contributed by atoms with Gasteiger partial charge in [-0.25, -0.2) is 4.98 Å². The van der Waals surface area contributed by atoms with E-state index in [-0.39, 0.29) is 34.9 Å². The van der Waals surface area contributed by atoms with Crippen molar-refractivity contribution >= 4 is 17.5 Å². The monoisotopic (exact) mass is 336 g/mol. The van der Waals surface area contributed by atoms with Crippen LogP contribution in [0, 0.1) is 5.92 Å². The van der Waals surface area contributed by atoms with Crippen LogP contribution in [-0.2, 0) is 4.79 Å². The molecule has 2 aromatic heterocycles. The number of rotatable bonds is 7. The van der Waals surface area contributed by atoms with Crippen LogP contribution in [0.1, 0.15) is 37.6 Å². The third-order valence-corrected chi connectivity index (χ3v) is 3.88. The average Bonchev–Trinajstić information content (AvgIpc) is 3.01. The van der Waals surface area contributed by atoms with Crippen molar-refractivity contribution in [1.29, 1.82) is 0 Å². The van der Waals surface area contributed by atoms with Crippen LogP contribution in [0.2, 0.25) is 0 Å². The van der Waals surface area contributed by atoms with E-state index in [1.54, 1.807) is 0 Å². The van der Waals surface area contributed by atoms with Gasteiger partial charge in [0, 0.05) is 6.07 Å². The van der Waals surface area contributed by atoms with Crippen LogP contribution in [-0.4, -0.2) is 49.3 Å². The molecule has 0 aliphatic heterocycles. The number of aromatic nitrogens is 3. The number of ether oxygens (including phenoxy) is 1. The zero-order valence-corrected chi connectivity index (χ0v) is 13.7. The van der Waals surface area contributed by atoms with E-state index in [0.717, 1.165) is 6.42 Å². The Balaban J connectivity index is 2.38. The Morgan fingerprint density at radius 3 is 2.75 bits per heavy atom. The van der Waals surface area contributed by atoms with Gasteiger partial charge in [-0.15, -0.1) is 0 Å². The lowest BCUT2D eigenvalue weighted by molar-refractivity contribution is -0.135. The van der Waals surface area contributed by atoms with E-state index in [1.807, 2.05) is 20.8 Å². The summed E-state index contributed by atoms with van der Waals surface area (Å²) in [5, 5.41) is 25.0. The summed E-state index contributed by atoms with van der Waals surface area (Å²) in [5.74, 6) is -1.77. The fraction of sp³-hybridized carbons (Fsp3) is 0.467. The summed E-state index contributed by atoms with van der Waals surface area (Å²) in [4.78, 5) is 26.6. The predicted molar refractivity (Wildman–Crippen MR) is 84.2 cm³/mol.